The number of rotatable bonds is 5. The van der Waals surface area contributed by atoms with Crippen molar-refractivity contribution in [3.63, 3.8) is 0 Å². The molecule has 25 heavy (non-hydrogen) atoms. The molecule has 0 atom stereocenters. The molecule has 1 N–H and O–H groups in total. The molecule has 3 aromatic rings. The first-order valence-electron chi connectivity index (χ1n) is 7.38. The van der Waals surface area contributed by atoms with Crippen LogP contribution in [-0.2, 0) is 4.79 Å². The lowest BCUT2D eigenvalue weighted by Crippen LogP contribution is -2.20. The number of benzene rings is 3. The van der Waals surface area contributed by atoms with Gasteiger partial charge in [-0.1, -0.05) is 30.3 Å². The van der Waals surface area contributed by atoms with Crippen LogP contribution in [0.1, 0.15) is 0 Å². The second kappa shape index (κ2) is 6.96. The average molecular weight is 340 g/mol. The van der Waals surface area contributed by atoms with E-state index in [1.54, 1.807) is 6.07 Å². The predicted molar refractivity (Wildman–Crippen MR) is 91.1 cm³/mol. The van der Waals surface area contributed by atoms with Crippen LogP contribution < -0.4 is 10.1 Å². The second-order valence-electron chi connectivity index (χ2n) is 5.27. The normalized spacial score (nSPS) is 10.4. The van der Waals surface area contributed by atoms with Crippen molar-refractivity contribution >= 4 is 28.1 Å². The molecule has 0 saturated heterocycles. The summed E-state index contributed by atoms with van der Waals surface area (Å²) in [6, 6.07) is 16.3. The molecule has 3 aromatic carbocycles. The summed E-state index contributed by atoms with van der Waals surface area (Å²) in [5.74, 6) is -0.941. The molecular weight excluding hydrogens is 327 g/mol. The minimum Gasteiger partial charge on any atom is -0.484 e. The van der Waals surface area contributed by atoms with Crippen molar-refractivity contribution < 1.29 is 18.8 Å². The fourth-order valence-corrected chi connectivity index (χ4v) is 2.33. The van der Waals surface area contributed by atoms with Gasteiger partial charge in [-0.2, -0.15) is 4.39 Å². The molecular formula is C18H13FN2O4. The van der Waals surface area contributed by atoms with E-state index in [2.05, 4.69) is 5.32 Å². The van der Waals surface area contributed by atoms with E-state index in [1.807, 2.05) is 36.4 Å². The fourth-order valence-electron chi connectivity index (χ4n) is 2.33. The minimum absolute atomic E-state index is 0.125. The third-order valence-electron chi connectivity index (χ3n) is 3.52. The number of anilines is 1. The maximum Gasteiger partial charge on any atom is 0.306 e. The van der Waals surface area contributed by atoms with Gasteiger partial charge in [0, 0.05) is 11.8 Å². The van der Waals surface area contributed by atoms with Crippen LogP contribution in [0, 0.1) is 15.9 Å². The number of halogens is 1. The molecule has 0 radical (unpaired) electrons. The number of nitro benzene ring substituents is 1. The Morgan fingerprint density at radius 3 is 2.60 bits per heavy atom. The Morgan fingerprint density at radius 1 is 1.08 bits per heavy atom. The summed E-state index contributed by atoms with van der Waals surface area (Å²) in [6.07, 6.45) is 0. The van der Waals surface area contributed by atoms with Gasteiger partial charge in [0.1, 0.15) is 5.75 Å². The van der Waals surface area contributed by atoms with E-state index in [0.29, 0.717) is 5.75 Å². The number of ether oxygens (including phenoxy) is 1. The SMILES string of the molecule is O=C(COc1ccc2ccccc2c1)Nc1ccc(F)c([N+](=O)[O-])c1. The maximum absolute atomic E-state index is 13.3. The monoisotopic (exact) mass is 340 g/mol. The van der Waals surface area contributed by atoms with E-state index in [4.69, 9.17) is 4.74 Å². The largest absolute Gasteiger partial charge is 0.484 e. The Hall–Kier alpha value is -3.48. The van der Waals surface area contributed by atoms with E-state index < -0.39 is 22.3 Å². The van der Waals surface area contributed by atoms with Gasteiger partial charge in [-0.3, -0.25) is 14.9 Å². The summed E-state index contributed by atoms with van der Waals surface area (Å²) in [4.78, 5) is 21.8. The smallest absolute Gasteiger partial charge is 0.306 e. The lowest BCUT2D eigenvalue weighted by molar-refractivity contribution is -0.387. The number of fused-ring (bicyclic) bond motifs is 1. The van der Waals surface area contributed by atoms with Gasteiger partial charge in [0.15, 0.2) is 6.61 Å². The number of hydrogen-bond donors (Lipinski definition) is 1. The van der Waals surface area contributed by atoms with E-state index >= 15 is 0 Å². The Labute approximate surface area is 142 Å². The van der Waals surface area contributed by atoms with Gasteiger partial charge >= 0.3 is 5.69 Å². The zero-order valence-corrected chi connectivity index (χ0v) is 12.9. The summed E-state index contributed by atoms with van der Waals surface area (Å²) < 4.78 is 18.7. The quantitative estimate of drug-likeness (QED) is 0.564. The summed E-state index contributed by atoms with van der Waals surface area (Å²) in [7, 11) is 0. The van der Waals surface area contributed by atoms with Crippen LogP contribution in [0.25, 0.3) is 10.8 Å². The third kappa shape index (κ3) is 3.89. The van der Waals surface area contributed by atoms with Crippen LogP contribution in [0.15, 0.2) is 60.7 Å². The molecule has 0 bridgehead atoms. The van der Waals surface area contributed by atoms with Gasteiger partial charge in [-0.05, 0) is 35.0 Å². The topological polar surface area (TPSA) is 81.5 Å². The van der Waals surface area contributed by atoms with E-state index in [1.165, 1.54) is 6.07 Å². The molecule has 7 heteroatoms. The van der Waals surface area contributed by atoms with E-state index in [9.17, 15) is 19.3 Å². The molecule has 0 aliphatic carbocycles. The molecule has 1 amide bonds. The average Bonchev–Trinajstić information content (AvgIpc) is 2.61. The maximum atomic E-state index is 13.3. The summed E-state index contributed by atoms with van der Waals surface area (Å²) >= 11 is 0. The van der Waals surface area contributed by atoms with Crippen LogP contribution in [0.5, 0.6) is 5.75 Å². The second-order valence-corrected chi connectivity index (χ2v) is 5.27. The van der Waals surface area contributed by atoms with Gasteiger partial charge in [-0.25, -0.2) is 0 Å². The van der Waals surface area contributed by atoms with Crippen molar-refractivity contribution in [3.05, 3.63) is 76.6 Å². The van der Waals surface area contributed by atoms with Gasteiger partial charge in [0.2, 0.25) is 5.82 Å². The van der Waals surface area contributed by atoms with Crippen LogP contribution >= 0.6 is 0 Å². The lowest BCUT2D eigenvalue weighted by atomic mass is 10.1. The Balaban J connectivity index is 1.64. The molecule has 0 fully saturated rings. The molecule has 0 aliphatic heterocycles. The molecule has 0 heterocycles. The number of nitrogens with one attached hydrogen (secondary N) is 1. The van der Waals surface area contributed by atoms with Crippen LogP contribution in [0.3, 0.4) is 0 Å². The fraction of sp³-hybridized carbons (Fsp3) is 0.0556. The number of hydrogen-bond acceptors (Lipinski definition) is 4. The van der Waals surface area contributed by atoms with Gasteiger partial charge in [-0.15, -0.1) is 0 Å². The first kappa shape index (κ1) is 16.4. The Morgan fingerprint density at radius 2 is 1.84 bits per heavy atom. The van der Waals surface area contributed by atoms with Crippen molar-refractivity contribution in [2.24, 2.45) is 0 Å². The summed E-state index contributed by atoms with van der Waals surface area (Å²) in [5, 5.41) is 15.2. The van der Waals surface area contributed by atoms with E-state index in [0.717, 1.165) is 22.9 Å². The number of nitrogens with zero attached hydrogens (tertiary/aromatic N) is 1. The molecule has 0 unspecified atom stereocenters. The zero-order valence-electron chi connectivity index (χ0n) is 12.9. The number of nitro groups is 1. The highest BCUT2D eigenvalue weighted by molar-refractivity contribution is 5.92. The minimum atomic E-state index is -0.963. The van der Waals surface area contributed by atoms with Gasteiger partial charge in [0.05, 0.1) is 4.92 Å². The first-order chi connectivity index (χ1) is 12.0. The number of carbonyl (C=O) groups is 1. The molecule has 6 nitrogen and oxygen atoms in total. The number of amides is 1. The molecule has 0 aromatic heterocycles. The van der Waals surface area contributed by atoms with Crippen molar-refractivity contribution in [2.75, 3.05) is 11.9 Å². The highest BCUT2D eigenvalue weighted by Gasteiger charge is 2.15. The van der Waals surface area contributed by atoms with Crippen LogP contribution in [0.2, 0.25) is 0 Å². The molecule has 0 aliphatic rings. The van der Waals surface area contributed by atoms with Crippen LogP contribution in [0.4, 0.5) is 15.8 Å². The third-order valence-corrected chi connectivity index (χ3v) is 3.52. The molecule has 3 rings (SSSR count). The van der Waals surface area contributed by atoms with Crippen molar-refractivity contribution in [3.8, 4) is 5.75 Å². The van der Waals surface area contributed by atoms with Crippen molar-refractivity contribution in [1.82, 2.24) is 0 Å². The Bertz CT molecular complexity index is 959. The predicted octanol–water partition coefficient (Wildman–Crippen LogP) is 3.90. The molecule has 126 valence electrons. The highest BCUT2D eigenvalue weighted by atomic mass is 19.1. The van der Waals surface area contributed by atoms with Gasteiger partial charge < -0.3 is 10.1 Å². The van der Waals surface area contributed by atoms with E-state index in [-0.39, 0.29) is 12.3 Å². The van der Waals surface area contributed by atoms with Crippen molar-refractivity contribution in [1.29, 1.82) is 0 Å². The molecule has 0 saturated carbocycles. The standard InChI is InChI=1S/C18H13FN2O4/c19-16-8-6-14(10-17(16)21(23)24)20-18(22)11-25-15-7-5-12-3-1-2-4-13(12)9-15/h1-10H,11H2,(H,20,22). The molecule has 0 spiro atoms. The van der Waals surface area contributed by atoms with Crippen LogP contribution in [-0.4, -0.2) is 17.4 Å². The zero-order chi connectivity index (χ0) is 17.8. The number of carbonyl (C=O) groups excluding carboxylic acids is 1. The highest BCUT2D eigenvalue weighted by Crippen LogP contribution is 2.22. The first-order valence-corrected chi connectivity index (χ1v) is 7.38. The lowest BCUT2D eigenvalue weighted by Gasteiger charge is -2.08. The summed E-state index contributed by atoms with van der Waals surface area (Å²) in [6.45, 7) is -0.274. The Kier molecular flexibility index (Phi) is 4.56. The van der Waals surface area contributed by atoms with Gasteiger partial charge in [0.25, 0.3) is 5.91 Å². The van der Waals surface area contributed by atoms with Crippen molar-refractivity contribution in [2.45, 2.75) is 0 Å². The summed E-state index contributed by atoms with van der Waals surface area (Å²) in [5.41, 5.74) is -0.576.